The molecule has 2 aliphatic heterocycles. The summed E-state index contributed by atoms with van der Waals surface area (Å²) in [4.78, 5) is 13.6. The maximum Gasteiger partial charge on any atom is 0.225 e. The van der Waals surface area contributed by atoms with E-state index < -0.39 is 22.4 Å². The van der Waals surface area contributed by atoms with E-state index in [1.54, 1.807) is 11.8 Å². The molecule has 9 nitrogen and oxygen atoms in total. The van der Waals surface area contributed by atoms with E-state index in [4.69, 9.17) is 13.6 Å². The van der Waals surface area contributed by atoms with Crippen molar-refractivity contribution in [3.63, 3.8) is 0 Å². The lowest BCUT2D eigenvalue weighted by molar-refractivity contribution is -0.264. The van der Waals surface area contributed by atoms with Gasteiger partial charge in [-0.15, -0.1) is 5.10 Å². The normalized spacial score (nSPS) is 28.2. The standard InChI is InChI=1S/C40H71N5O4SSi2/c1-12-33-27-30(9)40(41-38(33)46)32(11)37(49-52(16-5,17-6)18-7)31(10)36(47-40)28-35(48-51(13-2,14-3)15-4)29(8)23-22-26-50-39-42-43-44-45(39)34-24-20-19-21-25-34/h19-21,24-25,29-33,35-37H,12-18,22-23,26-28H2,1-11H3,(H,41,46)/t29-,30-,31-,32-,33-,35-,36-,37-,40+/m0/s1. The van der Waals surface area contributed by atoms with Crippen LogP contribution in [-0.2, 0) is 18.4 Å². The molecule has 1 spiro atoms. The van der Waals surface area contributed by atoms with Crippen LogP contribution in [0, 0.1) is 29.6 Å². The van der Waals surface area contributed by atoms with Crippen LogP contribution in [-0.4, -0.2) is 72.5 Å². The van der Waals surface area contributed by atoms with Crippen molar-refractivity contribution in [2.24, 2.45) is 29.6 Å². The molecule has 4 rings (SSSR count). The fourth-order valence-corrected chi connectivity index (χ4v) is 15.8. The van der Waals surface area contributed by atoms with Gasteiger partial charge in [-0.3, -0.25) is 4.79 Å². The molecule has 2 saturated heterocycles. The van der Waals surface area contributed by atoms with E-state index in [1.165, 1.54) is 0 Å². The molecular weight excluding hydrogens is 703 g/mol. The smallest absolute Gasteiger partial charge is 0.225 e. The summed E-state index contributed by atoms with van der Waals surface area (Å²) in [6, 6.07) is 16.7. The molecule has 3 heterocycles. The first-order valence-corrected chi connectivity index (χ1v) is 26.8. The van der Waals surface area contributed by atoms with E-state index in [9.17, 15) is 4.79 Å². The lowest BCUT2D eigenvalue weighted by atomic mass is 9.69. The number of piperidine rings is 1. The number of hydrogen-bond acceptors (Lipinski definition) is 8. The Bertz CT molecular complexity index is 1360. The van der Waals surface area contributed by atoms with Gasteiger partial charge in [-0.05, 0) is 96.8 Å². The van der Waals surface area contributed by atoms with Crippen molar-refractivity contribution in [2.45, 2.75) is 174 Å². The fraction of sp³-hybridized carbons (Fsp3) is 0.800. The van der Waals surface area contributed by atoms with Crippen molar-refractivity contribution in [2.75, 3.05) is 5.75 Å². The van der Waals surface area contributed by atoms with Gasteiger partial charge in [0.2, 0.25) is 11.1 Å². The minimum Gasteiger partial charge on any atom is -0.414 e. The highest BCUT2D eigenvalue weighted by Gasteiger charge is 2.59. The largest absolute Gasteiger partial charge is 0.414 e. The number of carbonyl (C=O) groups is 1. The average molecular weight is 774 g/mol. The Morgan fingerprint density at radius 1 is 0.981 bits per heavy atom. The van der Waals surface area contributed by atoms with Crippen LogP contribution in [0.4, 0.5) is 0 Å². The average Bonchev–Trinajstić information content (AvgIpc) is 3.64. The van der Waals surface area contributed by atoms with Gasteiger partial charge in [0.05, 0.1) is 24.0 Å². The molecule has 0 bridgehead atoms. The topological polar surface area (TPSA) is 100 Å². The number of amides is 1. The van der Waals surface area contributed by atoms with E-state index in [2.05, 4.69) is 97.0 Å². The van der Waals surface area contributed by atoms with Gasteiger partial charge in [0.25, 0.3) is 0 Å². The zero-order chi connectivity index (χ0) is 38.1. The Balaban J connectivity index is 1.60. The van der Waals surface area contributed by atoms with E-state index in [1.807, 2.05) is 35.0 Å². The molecule has 0 aliphatic carbocycles. The summed E-state index contributed by atoms with van der Waals surface area (Å²) in [5.41, 5.74) is 0.222. The van der Waals surface area contributed by atoms with Crippen LogP contribution in [0.15, 0.2) is 35.5 Å². The van der Waals surface area contributed by atoms with Crippen molar-refractivity contribution in [1.82, 2.24) is 25.5 Å². The summed E-state index contributed by atoms with van der Waals surface area (Å²) < 4.78 is 24.1. The molecule has 1 amide bonds. The second-order valence-corrected chi connectivity index (χ2v) is 26.5. The number of ether oxygens (including phenoxy) is 1. The first-order chi connectivity index (χ1) is 24.9. The van der Waals surface area contributed by atoms with Crippen LogP contribution in [0.25, 0.3) is 5.69 Å². The summed E-state index contributed by atoms with van der Waals surface area (Å²) in [7, 11) is -3.90. The minimum absolute atomic E-state index is 0.0136. The highest BCUT2D eigenvalue weighted by molar-refractivity contribution is 7.99. The molecule has 2 fully saturated rings. The van der Waals surface area contributed by atoms with Gasteiger partial charge in [-0.1, -0.05) is 106 Å². The summed E-state index contributed by atoms with van der Waals surface area (Å²) in [6.45, 7) is 25.3. The van der Waals surface area contributed by atoms with Gasteiger partial charge in [-0.2, -0.15) is 4.68 Å². The Morgan fingerprint density at radius 2 is 1.62 bits per heavy atom. The quantitative estimate of drug-likeness (QED) is 0.0807. The number of hydrogen-bond donors (Lipinski definition) is 1. The van der Waals surface area contributed by atoms with Gasteiger partial charge in [0.15, 0.2) is 16.6 Å². The maximum atomic E-state index is 13.6. The Kier molecular flexibility index (Phi) is 16.0. The van der Waals surface area contributed by atoms with Gasteiger partial charge in [-0.25, -0.2) is 0 Å². The first kappa shape index (κ1) is 43.2. The second-order valence-electron chi connectivity index (χ2n) is 16.0. The molecule has 9 atom stereocenters. The maximum absolute atomic E-state index is 13.6. The molecule has 0 saturated carbocycles. The van der Waals surface area contributed by atoms with Gasteiger partial charge in [0, 0.05) is 29.4 Å². The number of para-hydroxylation sites is 1. The predicted octanol–water partition coefficient (Wildman–Crippen LogP) is 9.89. The van der Waals surface area contributed by atoms with E-state index in [0.29, 0.717) is 5.92 Å². The summed E-state index contributed by atoms with van der Waals surface area (Å²) in [5.74, 6) is 1.83. The highest BCUT2D eigenvalue weighted by Crippen LogP contribution is 2.49. The monoisotopic (exact) mass is 773 g/mol. The van der Waals surface area contributed by atoms with Crippen LogP contribution >= 0.6 is 11.8 Å². The number of nitrogens with zero attached hydrogens (tertiary/aromatic N) is 4. The van der Waals surface area contributed by atoms with Gasteiger partial charge < -0.3 is 18.9 Å². The molecule has 52 heavy (non-hydrogen) atoms. The molecule has 1 N–H and O–H groups in total. The number of rotatable bonds is 20. The lowest BCUT2D eigenvalue weighted by Gasteiger charge is -2.58. The molecule has 0 unspecified atom stereocenters. The third-order valence-corrected chi connectivity index (χ3v) is 23.7. The Labute approximate surface area is 322 Å². The number of benzene rings is 1. The zero-order valence-electron chi connectivity index (χ0n) is 34.3. The third-order valence-electron chi connectivity index (χ3n) is 13.4. The Morgan fingerprint density at radius 3 is 2.21 bits per heavy atom. The van der Waals surface area contributed by atoms with E-state index in [-0.39, 0.29) is 47.9 Å². The fourth-order valence-electron chi connectivity index (χ4n) is 9.03. The zero-order valence-corrected chi connectivity index (χ0v) is 37.1. The molecule has 294 valence electrons. The van der Waals surface area contributed by atoms with Crippen molar-refractivity contribution in [3.05, 3.63) is 30.3 Å². The van der Waals surface area contributed by atoms with Crippen molar-refractivity contribution < 1.29 is 18.4 Å². The molecule has 1 aromatic heterocycles. The van der Waals surface area contributed by atoms with Crippen molar-refractivity contribution in [3.8, 4) is 5.69 Å². The second kappa shape index (κ2) is 19.3. The molecule has 2 aromatic rings. The molecule has 1 aromatic carbocycles. The number of aromatic nitrogens is 4. The summed E-state index contributed by atoms with van der Waals surface area (Å²) >= 11 is 1.71. The number of carbonyl (C=O) groups excluding carboxylic acids is 1. The van der Waals surface area contributed by atoms with Crippen molar-refractivity contribution >= 4 is 34.3 Å². The number of nitrogens with one attached hydrogen (secondary N) is 1. The first-order valence-electron chi connectivity index (χ1n) is 20.7. The number of thioether (sulfide) groups is 1. The number of tetrazole rings is 1. The van der Waals surface area contributed by atoms with Crippen LogP contribution in [0.2, 0.25) is 36.3 Å². The minimum atomic E-state index is -1.96. The van der Waals surface area contributed by atoms with Gasteiger partial charge >= 0.3 is 0 Å². The predicted molar refractivity (Wildman–Crippen MR) is 219 cm³/mol. The van der Waals surface area contributed by atoms with Crippen LogP contribution in [0.1, 0.15) is 108 Å². The Hall–Kier alpha value is -1.58. The van der Waals surface area contributed by atoms with E-state index in [0.717, 1.165) is 85.0 Å². The van der Waals surface area contributed by atoms with Gasteiger partial charge in [0.1, 0.15) is 5.72 Å². The molecular formula is C40H71N5O4SSi2. The summed E-state index contributed by atoms with van der Waals surface area (Å²) in [5, 5.41) is 16.9. The third kappa shape index (κ3) is 9.44. The van der Waals surface area contributed by atoms with Crippen LogP contribution in [0.5, 0.6) is 0 Å². The van der Waals surface area contributed by atoms with Crippen LogP contribution in [0.3, 0.4) is 0 Å². The lowest BCUT2D eigenvalue weighted by Crippen LogP contribution is -2.72. The molecule has 2 aliphatic rings. The summed E-state index contributed by atoms with van der Waals surface area (Å²) in [6.07, 6.45) is 4.56. The highest BCUT2D eigenvalue weighted by atomic mass is 32.2. The molecule has 12 heteroatoms. The van der Waals surface area contributed by atoms with Crippen LogP contribution < -0.4 is 5.32 Å². The molecule has 0 radical (unpaired) electrons. The van der Waals surface area contributed by atoms with Crippen molar-refractivity contribution in [1.29, 1.82) is 0 Å². The van der Waals surface area contributed by atoms with E-state index >= 15 is 0 Å². The SMILES string of the molecule is CC[C@H]1C[C@H](C)[C@@]2(NC1=O)O[C@@H](C[C@H](O[Si](CC)(CC)CC)[C@@H](C)CCCSc1nnnn1-c1ccccc1)[C@H](C)[C@H](O[Si](CC)(CC)CC)[C@@H]2C.